The summed E-state index contributed by atoms with van der Waals surface area (Å²) in [7, 11) is 0. The van der Waals surface area contributed by atoms with Gasteiger partial charge in [-0.05, 0) is 13.8 Å². The number of esters is 1. The molecule has 0 aromatic heterocycles. The Morgan fingerprint density at radius 1 is 1.50 bits per heavy atom. The van der Waals surface area contributed by atoms with Gasteiger partial charge >= 0.3 is 5.97 Å². The van der Waals surface area contributed by atoms with E-state index < -0.39 is 22.2 Å². The maximum atomic E-state index is 10.8. The number of ether oxygens (including phenoxy) is 1. The van der Waals surface area contributed by atoms with Crippen LogP contribution in [0.4, 0.5) is 0 Å². The van der Waals surface area contributed by atoms with E-state index >= 15 is 0 Å². The first-order chi connectivity index (χ1) is 4.45. The Morgan fingerprint density at radius 3 is 2.10 bits per heavy atom. The van der Waals surface area contributed by atoms with Crippen molar-refractivity contribution in [2.45, 2.75) is 24.3 Å². The number of Topliss-reactive ketones (excluding diaryl/α,β-unsaturated/α-hetero) is 1. The smallest absolute Gasteiger partial charge is 0.376 e. The molecule has 0 aromatic rings. The SMILES string of the molecule is CC1(C)OC(=O)C(=O)C1Br. The molecule has 1 unspecified atom stereocenters. The molecule has 1 heterocycles. The number of hydrogen-bond donors (Lipinski definition) is 0. The highest BCUT2D eigenvalue weighted by Gasteiger charge is 2.47. The molecule has 1 aliphatic heterocycles. The highest BCUT2D eigenvalue weighted by molar-refractivity contribution is 9.10. The molecule has 0 amide bonds. The lowest BCUT2D eigenvalue weighted by Gasteiger charge is -2.17. The average Bonchev–Trinajstić information content (AvgIpc) is 1.95. The molecule has 0 aromatic carbocycles. The van der Waals surface area contributed by atoms with Gasteiger partial charge < -0.3 is 4.74 Å². The van der Waals surface area contributed by atoms with Crippen molar-refractivity contribution >= 4 is 27.7 Å². The average molecular weight is 207 g/mol. The van der Waals surface area contributed by atoms with Gasteiger partial charge in [-0.15, -0.1) is 0 Å². The standard InChI is InChI=1S/C6H7BrO3/c1-6(2)4(7)3(8)5(9)10-6/h4H,1-2H3. The van der Waals surface area contributed by atoms with Gasteiger partial charge in [0.05, 0.1) is 0 Å². The molecule has 1 aliphatic rings. The fraction of sp³-hybridized carbons (Fsp3) is 0.667. The topological polar surface area (TPSA) is 43.4 Å². The van der Waals surface area contributed by atoms with Crippen LogP contribution in [0.3, 0.4) is 0 Å². The van der Waals surface area contributed by atoms with E-state index in [0.29, 0.717) is 0 Å². The van der Waals surface area contributed by atoms with Gasteiger partial charge in [0, 0.05) is 0 Å². The summed E-state index contributed by atoms with van der Waals surface area (Å²) < 4.78 is 4.74. The zero-order chi connectivity index (χ0) is 7.94. The molecule has 0 saturated carbocycles. The maximum absolute atomic E-state index is 10.8. The van der Waals surface area contributed by atoms with E-state index in [-0.39, 0.29) is 0 Å². The molecule has 10 heavy (non-hydrogen) atoms. The van der Waals surface area contributed by atoms with Crippen LogP contribution >= 0.6 is 15.9 Å². The molecule has 0 aliphatic carbocycles. The molecule has 1 saturated heterocycles. The van der Waals surface area contributed by atoms with E-state index in [0.717, 1.165) is 0 Å². The fourth-order valence-electron chi connectivity index (χ4n) is 0.760. The van der Waals surface area contributed by atoms with Crippen LogP contribution in [0.2, 0.25) is 0 Å². The zero-order valence-electron chi connectivity index (χ0n) is 5.68. The van der Waals surface area contributed by atoms with Crippen molar-refractivity contribution in [3.8, 4) is 0 Å². The van der Waals surface area contributed by atoms with Crippen LogP contribution in [-0.4, -0.2) is 22.2 Å². The summed E-state index contributed by atoms with van der Waals surface area (Å²) in [6, 6.07) is 0. The fourth-order valence-corrected chi connectivity index (χ4v) is 1.04. The number of carbonyl (C=O) groups excluding carboxylic acids is 2. The zero-order valence-corrected chi connectivity index (χ0v) is 7.27. The van der Waals surface area contributed by atoms with Gasteiger partial charge in [-0.1, -0.05) is 15.9 Å². The Hall–Kier alpha value is -0.380. The van der Waals surface area contributed by atoms with Crippen molar-refractivity contribution in [1.29, 1.82) is 0 Å². The number of cyclic esters (lactones) is 1. The number of halogens is 1. The summed E-state index contributed by atoms with van der Waals surface area (Å²) in [5.41, 5.74) is -0.686. The van der Waals surface area contributed by atoms with Gasteiger partial charge in [-0.3, -0.25) is 4.79 Å². The van der Waals surface area contributed by atoms with Crippen LogP contribution in [0.5, 0.6) is 0 Å². The summed E-state index contributed by atoms with van der Waals surface area (Å²) >= 11 is 3.07. The summed E-state index contributed by atoms with van der Waals surface area (Å²) in [6.45, 7) is 3.38. The lowest BCUT2D eigenvalue weighted by molar-refractivity contribution is -0.151. The third-order valence-electron chi connectivity index (χ3n) is 1.40. The van der Waals surface area contributed by atoms with Crippen LogP contribution in [0.1, 0.15) is 13.8 Å². The first kappa shape index (κ1) is 7.72. The van der Waals surface area contributed by atoms with Crippen LogP contribution in [-0.2, 0) is 14.3 Å². The molecule has 3 nitrogen and oxygen atoms in total. The second-order valence-corrected chi connectivity index (χ2v) is 3.64. The quantitative estimate of drug-likeness (QED) is 0.333. The van der Waals surface area contributed by atoms with Gasteiger partial charge in [-0.2, -0.15) is 0 Å². The number of hydrogen-bond acceptors (Lipinski definition) is 3. The van der Waals surface area contributed by atoms with Gasteiger partial charge in [0.25, 0.3) is 5.78 Å². The van der Waals surface area contributed by atoms with E-state index in [9.17, 15) is 9.59 Å². The predicted octanol–water partition coefficient (Wildman–Crippen LogP) is 0.654. The molecule has 0 bridgehead atoms. The summed E-state index contributed by atoms with van der Waals surface area (Å²) in [4.78, 5) is 20.9. The highest BCUT2D eigenvalue weighted by Crippen LogP contribution is 2.29. The number of ketones is 1. The molecular weight excluding hydrogens is 200 g/mol. The van der Waals surface area contributed by atoms with Crippen molar-refractivity contribution in [1.82, 2.24) is 0 Å². The molecular formula is C6H7BrO3. The molecule has 1 fully saturated rings. The van der Waals surface area contributed by atoms with Crippen molar-refractivity contribution in [3.63, 3.8) is 0 Å². The van der Waals surface area contributed by atoms with Gasteiger partial charge in [0.1, 0.15) is 10.4 Å². The second kappa shape index (κ2) is 2.05. The minimum Gasteiger partial charge on any atom is -0.452 e. The van der Waals surface area contributed by atoms with Crippen molar-refractivity contribution < 1.29 is 14.3 Å². The van der Waals surface area contributed by atoms with E-state index in [4.69, 9.17) is 4.74 Å². The molecule has 0 spiro atoms. The first-order valence-corrected chi connectivity index (χ1v) is 3.78. The first-order valence-electron chi connectivity index (χ1n) is 2.86. The molecule has 0 radical (unpaired) electrons. The maximum Gasteiger partial charge on any atom is 0.376 e. The van der Waals surface area contributed by atoms with Crippen LogP contribution in [0, 0.1) is 0 Å². The van der Waals surface area contributed by atoms with Gasteiger partial charge in [0.15, 0.2) is 0 Å². The molecule has 1 rings (SSSR count). The molecule has 56 valence electrons. The van der Waals surface area contributed by atoms with E-state index in [1.165, 1.54) is 0 Å². The third-order valence-corrected chi connectivity index (χ3v) is 2.92. The second-order valence-electron chi connectivity index (χ2n) is 2.72. The lowest BCUT2D eigenvalue weighted by Crippen LogP contribution is -2.30. The molecule has 0 N–H and O–H groups in total. The monoisotopic (exact) mass is 206 g/mol. The Kier molecular flexibility index (Phi) is 1.58. The van der Waals surface area contributed by atoms with Crippen LogP contribution in [0.25, 0.3) is 0 Å². The molecule has 1 atom stereocenters. The van der Waals surface area contributed by atoms with E-state index in [1.807, 2.05) is 0 Å². The van der Waals surface area contributed by atoms with Crippen molar-refractivity contribution in [3.05, 3.63) is 0 Å². The lowest BCUT2D eigenvalue weighted by atomic mass is 10.1. The Bertz CT molecular complexity index is 197. The van der Waals surface area contributed by atoms with Crippen molar-refractivity contribution in [2.75, 3.05) is 0 Å². The van der Waals surface area contributed by atoms with Crippen LogP contribution in [0.15, 0.2) is 0 Å². The van der Waals surface area contributed by atoms with E-state index in [2.05, 4.69) is 15.9 Å². The minimum absolute atomic E-state index is 0.493. The molecule has 4 heteroatoms. The summed E-state index contributed by atoms with van der Waals surface area (Å²) in [5.74, 6) is -1.24. The third kappa shape index (κ3) is 0.963. The normalized spacial score (nSPS) is 30.5. The Morgan fingerprint density at radius 2 is 2.00 bits per heavy atom. The van der Waals surface area contributed by atoms with Crippen LogP contribution < -0.4 is 0 Å². The largest absolute Gasteiger partial charge is 0.452 e. The van der Waals surface area contributed by atoms with Gasteiger partial charge in [0.2, 0.25) is 0 Å². The number of alkyl halides is 1. The Labute approximate surface area is 66.9 Å². The number of rotatable bonds is 0. The summed E-state index contributed by atoms with van der Waals surface area (Å²) in [6.07, 6.45) is 0. The highest BCUT2D eigenvalue weighted by atomic mass is 79.9. The predicted molar refractivity (Wildman–Crippen MR) is 37.9 cm³/mol. The Balaban J connectivity index is 2.92. The number of carbonyl (C=O) groups is 2. The van der Waals surface area contributed by atoms with Crippen molar-refractivity contribution in [2.24, 2.45) is 0 Å². The minimum atomic E-state index is -0.744. The summed E-state index contributed by atoms with van der Waals surface area (Å²) in [5, 5.41) is 0. The van der Waals surface area contributed by atoms with E-state index in [1.54, 1.807) is 13.8 Å². The van der Waals surface area contributed by atoms with Gasteiger partial charge in [-0.25, -0.2) is 4.79 Å².